The number of aliphatic imine (C=N–C) groups is 1. The van der Waals surface area contributed by atoms with Gasteiger partial charge in [-0.25, -0.2) is 4.99 Å². The molecular weight excluding hydrogens is 248 g/mol. The van der Waals surface area contributed by atoms with Crippen molar-refractivity contribution in [3.05, 3.63) is 0 Å². The molecule has 1 atom stereocenters. The fourth-order valence-corrected chi connectivity index (χ4v) is 3.12. The van der Waals surface area contributed by atoms with E-state index in [0.29, 0.717) is 6.61 Å². The van der Waals surface area contributed by atoms with Crippen LogP contribution in [0.25, 0.3) is 0 Å². The van der Waals surface area contributed by atoms with Crippen LogP contribution < -0.4 is 0 Å². The van der Waals surface area contributed by atoms with Crippen LogP contribution in [0.1, 0.15) is 71.1 Å². The van der Waals surface area contributed by atoms with Crippen LogP contribution in [-0.2, 0) is 0 Å². The van der Waals surface area contributed by atoms with Gasteiger partial charge in [0.05, 0.1) is 19.6 Å². The van der Waals surface area contributed by atoms with Gasteiger partial charge in [0.2, 0.25) is 0 Å². The molecule has 0 radical (unpaired) electrons. The van der Waals surface area contributed by atoms with Gasteiger partial charge in [-0.1, -0.05) is 51.9 Å². The Morgan fingerprint density at radius 1 is 0.900 bits per heavy atom. The maximum Gasteiger partial charge on any atom is 0.185 e. The fraction of sp³-hybridized carbons (Fsp3) is 0.941. The first kappa shape index (κ1) is 17.6. The first-order valence-electron chi connectivity index (χ1n) is 8.80. The number of hydrogen-bond acceptors (Lipinski definition) is 2. The van der Waals surface area contributed by atoms with Crippen LogP contribution in [0.3, 0.4) is 0 Å². The molecule has 1 heterocycles. The Kier molecular flexibility index (Phi) is 9.94. The van der Waals surface area contributed by atoms with Gasteiger partial charge in [0, 0.05) is 13.0 Å². The van der Waals surface area contributed by atoms with Crippen molar-refractivity contribution >= 4 is 6.34 Å². The number of aliphatic hydroxyl groups excluding tert-OH is 1. The molecule has 0 spiro atoms. The first-order chi connectivity index (χ1) is 9.83. The van der Waals surface area contributed by atoms with Crippen molar-refractivity contribution in [2.75, 3.05) is 32.8 Å². The van der Waals surface area contributed by atoms with Crippen molar-refractivity contribution in [1.29, 1.82) is 0 Å². The number of hydrogen-bond donors (Lipinski definition) is 1. The molecule has 3 nitrogen and oxygen atoms in total. The molecule has 0 fully saturated rings. The number of aliphatic hydroxyl groups is 1. The van der Waals surface area contributed by atoms with Crippen LogP contribution in [0.2, 0.25) is 0 Å². The summed E-state index contributed by atoms with van der Waals surface area (Å²) in [5.41, 5.74) is 0. The van der Waals surface area contributed by atoms with Gasteiger partial charge < -0.3 is 5.11 Å². The zero-order chi connectivity index (χ0) is 14.5. The summed E-state index contributed by atoms with van der Waals surface area (Å²) >= 11 is 0. The maximum atomic E-state index is 9.02. The average molecular weight is 283 g/mol. The standard InChI is InChI=1S/C17H35N2O/c1-2-3-4-5-6-7-8-9-10-13-19(14-11-16-20)15-12-18-17-19/h17,20H,2-16H2,1H3/q+1. The van der Waals surface area contributed by atoms with E-state index in [0.717, 1.165) is 30.5 Å². The van der Waals surface area contributed by atoms with Crippen molar-refractivity contribution in [3.8, 4) is 0 Å². The minimum Gasteiger partial charge on any atom is -0.396 e. The molecule has 0 saturated heterocycles. The molecule has 118 valence electrons. The molecule has 0 saturated carbocycles. The lowest BCUT2D eigenvalue weighted by atomic mass is 10.1. The quantitative estimate of drug-likeness (QED) is 0.405. The summed E-state index contributed by atoms with van der Waals surface area (Å²) in [6.07, 6.45) is 15.5. The molecule has 0 aromatic rings. The predicted molar refractivity (Wildman–Crippen MR) is 87.2 cm³/mol. The van der Waals surface area contributed by atoms with Crippen molar-refractivity contribution < 1.29 is 9.59 Å². The smallest absolute Gasteiger partial charge is 0.185 e. The molecule has 1 unspecified atom stereocenters. The predicted octanol–water partition coefficient (Wildman–Crippen LogP) is 3.76. The molecule has 0 bridgehead atoms. The van der Waals surface area contributed by atoms with E-state index in [4.69, 9.17) is 5.11 Å². The van der Waals surface area contributed by atoms with Gasteiger partial charge in [-0.3, -0.25) is 4.48 Å². The van der Waals surface area contributed by atoms with Gasteiger partial charge in [0.1, 0.15) is 6.54 Å². The lowest BCUT2D eigenvalue weighted by Gasteiger charge is -2.30. The maximum absolute atomic E-state index is 9.02. The molecule has 1 aliphatic heterocycles. The summed E-state index contributed by atoms with van der Waals surface area (Å²) in [7, 11) is 0. The molecule has 3 heteroatoms. The second-order valence-electron chi connectivity index (χ2n) is 6.32. The molecule has 0 aromatic carbocycles. The molecule has 0 aliphatic carbocycles. The van der Waals surface area contributed by atoms with E-state index in [2.05, 4.69) is 18.3 Å². The SMILES string of the molecule is CCCCCCCCCCC[N+]1(CCCO)C=NCC1. The molecular formula is C17H35N2O+. The van der Waals surface area contributed by atoms with Gasteiger partial charge in [-0.2, -0.15) is 0 Å². The normalized spacial score (nSPS) is 21.7. The zero-order valence-electron chi connectivity index (χ0n) is 13.5. The van der Waals surface area contributed by atoms with Crippen molar-refractivity contribution in [3.63, 3.8) is 0 Å². The Morgan fingerprint density at radius 3 is 2.05 bits per heavy atom. The van der Waals surface area contributed by atoms with Crippen molar-refractivity contribution in [1.82, 2.24) is 0 Å². The van der Waals surface area contributed by atoms with E-state index in [-0.39, 0.29) is 0 Å². The molecule has 0 aromatic heterocycles. The summed E-state index contributed by atoms with van der Waals surface area (Å²) in [4.78, 5) is 4.41. The highest BCUT2D eigenvalue weighted by Crippen LogP contribution is 2.15. The Hall–Kier alpha value is -0.410. The van der Waals surface area contributed by atoms with E-state index in [9.17, 15) is 0 Å². The van der Waals surface area contributed by atoms with Crippen LogP contribution in [0.5, 0.6) is 0 Å². The van der Waals surface area contributed by atoms with E-state index < -0.39 is 0 Å². The molecule has 1 N–H and O–H groups in total. The third-order valence-corrected chi connectivity index (χ3v) is 4.47. The molecule has 1 rings (SSSR count). The zero-order valence-corrected chi connectivity index (χ0v) is 13.5. The topological polar surface area (TPSA) is 32.6 Å². The second kappa shape index (κ2) is 11.3. The largest absolute Gasteiger partial charge is 0.396 e. The monoisotopic (exact) mass is 283 g/mol. The number of unbranched alkanes of at least 4 members (excludes halogenated alkanes) is 8. The Morgan fingerprint density at radius 2 is 1.50 bits per heavy atom. The highest BCUT2D eigenvalue weighted by molar-refractivity contribution is 5.48. The minimum atomic E-state index is 0.311. The van der Waals surface area contributed by atoms with Crippen LogP contribution in [0, 0.1) is 0 Å². The summed E-state index contributed by atoms with van der Waals surface area (Å²) in [6.45, 7) is 7.00. The second-order valence-corrected chi connectivity index (χ2v) is 6.32. The van der Waals surface area contributed by atoms with Gasteiger partial charge in [0.25, 0.3) is 0 Å². The van der Waals surface area contributed by atoms with Crippen molar-refractivity contribution in [2.45, 2.75) is 71.1 Å². The van der Waals surface area contributed by atoms with Gasteiger partial charge >= 0.3 is 0 Å². The molecule has 0 amide bonds. The Labute approximate surface area is 125 Å². The summed E-state index contributed by atoms with van der Waals surface area (Å²) in [5, 5.41) is 9.02. The Balaban J connectivity index is 2.00. The third-order valence-electron chi connectivity index (χ3n) is 4.47. The van der Waals surface area contributed by atoms with Gasteiger partial charge in [-0.15, -0.1) is 0 Å². The highest BCUT2D eigenvalue weighted by atomic mass is 16.3. The van der Waals surface area contributed by atoms with E-state index in [1.807, 2.05) is 0 Å². The molecule has 20 heavy (non-hydrogen) atoms. The lowest BCUT2D eigenvalue weighted by molar-refractivity contribution is -0.829. The van der Waals surface area contributed by atoms with E-state index in [1.54, 1.807) is 0 Å². The third kappa shape index (κ3) is 7.39. The van der Waals surface area contributed by atoms with Gasteiger partial charge in [-0.05, 0) is 12.8 Å². The van der Waals surface area contributed by atoms with Crippen LogP contribution in [-0.4, -0.2) is 48.7 Å². The fourth-order valence-electron chi connectivity index (χ4n) is 3.12. The summed E-state index contributed by atoms with van der Waals surface area (Å²) < 4.78 is 1.02. The summed E-state index contributed by atoms with van der Waals surface area (Å²) in [5.74, 6) is 0. The number of rotatable bonds is 13. The van der Waals surface area contributed by atoms with E-state index in [1.165, 1.54) is 64.3 Å². The summed E-state index contributed by atoms with van der Waals surface area (Å²) in [6, 6.07) is 0. The highest BCUT2D eigenvalue weighted by Gasteiger charge is 2.27. The van der Waals surface area contributed by atoms with Gasteiger partial charge in [0.15, 0.2) is 6.34 Å². The van der Waals surface area contributed by atoms with E-state index >= 15 is 0 Å². The van der Waals surface area contributed by atoms with Crippen molar-refractivity contribution in [2.24, 2.45) is 4.99 Å². The number of quaternary nitrogens is 1. The first-order valence-corrected chi connectivity index (χ1v) is 8.80. The molecule has 1 aliphatic rings. The van der Waals surface area contributed by atoms with Crippen LogP contribution in [0.15, 0.2) is 4.99 Å². The Bertz CT molecular complexity index is 255. The average Bonchev–Trinajstić information content (AvgIpc) is 2.93. The number of nitrogens with zero attached hydrogens (tertiary/aromatic N) is 2. The van der Waals surface area contributed by atoms with Crippen LogP contribution in [0.4, 0.5) is 0 Å². The lowest BCUT2D eigenvalue weighted by Crippen LogP contribution is -2.47. The minimum absolute atomic E-state index is 0.311. The van der Waals surface area contributed by atoms with Crippen LogP contribution >= 0.6 is 0 Å².